The van der Waals surface area contributed by atoms with Crippen LogP contribution in [0, 0.1) is 0 Å². The molecule has 0 bridgehead atoms. The molecule has 2 unspecified atom stereocenters. The molecule has 1 amide bonds. The number of likely N-dealkylation sites (tertiary alicyclic amines) is 1. The Kier molecular flexibility index (Phi) is 6.37. The largest absolute Gasteiger partial charge is 0.351 e. The minimum absolute atomic E-state index is 0.0359. The third kappa shape index (κ3) is 4.91. The van der Waals surface area contributed by atoms with Crippen LogP contribution in [0.4, 0.5) is 0 Å². The van der Waals surface area contributed by atoms with Crippen molar-refractivity contribution in [2.75, 3.05) is 13.1 Å². The fraction of sp³-hybridized carbons (Fsp3) is 0.280. The van der Waals surface area contributed by atoms with Crippen LogP contribution in [0.15, 0.2) is 78.2 Å². The summed E-state index contributed by atoms with van der Waals surface area (Å²) in [6.07, 6.45) is 4.28. The number of hydrogen-bond donors (Lipinski definition) is 1. The van der Waals surface area contributed by atoms with Crippen molar-refractivity contribution in [3.05, 3.63) is 78.8 Å². The van der Waals surface area contributed by atoms with E-state index in [2.05, 4.69) is 49.5 Å². The summed E-state index contributed by atoms with van der Waals surface area (Å²) < 4.78 is 1.80. The lowest BCUT2D eigenvalue weighted by Crippen LogP contribution is -2.40. The minimum Gasteiger partial charge on any atom is -0.351 e. The molecule has 0 aliphatic carbocycles. The van der Waals surface area contributed by atoms with Gasteiger partial charge in [-0.25, -0.2) is 14.6 Å². The van der Waals surface area contributed by atoms with Crippen LogP contribution >= 0.6 is 11.8 Å². The predicted octanol–water partition coefficient (Wildman–Crippen LogP) is 3.69. The molecule has 1 aliphatic heterocycles. The van der Waals surface area contributed by atoms with Crippen molar-refractivity contribution in [1.29, 1.82) is 0 Å². The number of fused-ring (bicyclic) bond motifs is 1. The molecule has 0 radical (unpaired) electrons. The number of para-hydroxylation sites is 1. The lowest BCUT2D eigenvalue weighted by molar-refractivity contribution is -0.120. The molecule has 2 aromatic carbocycles. The number of benzene rings is 2. The monoisotopic (exact) mass is 458 g/mol. The first-order valence-electron chi connectivity index (χ1n) is 11.1. The Morgan fingerprint density at radius 2 is 1.88 bits per heavy atom. The third-order valence-electron chi connectivity index (χ3n) is 5.86. The Morgan fingerprint density at radius 3 is 2.67 bits per heavy atom. The Hall–Kier alpha value is -3.23. The molecule has 3 heterocycles. The third-order valence-corrected chi connectivity index (χ3v) is 6.97. The maximum Gasteiger partial charge on any atom is 0.233 e. The second-order valence-corrected chi connectivity index (χ2v) is 9.61. The maximum absolute atomic E-state index is 12.9. The maximum atomic E-state index is 12.9. The van der Waals surface area contributed by atoms with Crippen LogP contribution in [-0.4, -0.2) is 54.9 Å². The van der Waals surface area contributed by atoms with Gasteiger partial charge in [-0.1, -0.05) is 60.3 Å². The number of rotatable bonds is 7. The summed E-state index contributed by atoms with van der Waals surface area (Å²) in [7, 11) is 0. The van der Waals surface area contributed by atoms with Gasteiger partial charge in [-0.3, -0.25) is 9.69 Å². The van der Waals surface area contributed by atoms with Crippen LogP contribution in [0.1, 0.15) is 18.9 Å². The standard InChI is InChI=1S/C25H26N6OS/c1-18(24(32)29-20-12-13-30(16-20)15-19-8-4-2-5-9-19)33-25-22-14-28-31(23(22)26-17-27-25)21-10-6-3-7-11-21/h2-11,14,17-18,20H,12-13,15-16H2,1H3,(H,29,32). The van der Waals surface area contributed by atoms with Crippen molar-refractivity contribution in [2.24, 2.45) is 0 Å². The van der Waals surface area contributed by atoms with Crippen molar-refractivity contribution in [1.82, 2.24) is 30.0 Å². The lowest BCUT2D eigenvalue weighted by atomic mass is 10.2. The van der Waals surface area contributed by atoms with Gasteiger partial charge in [0.15, 0.2) is 5.65 Å². The van der Waals surface area contributed by atoms with E-state index in [1.165, 1.54) is 23.7 Å². The molecule has 4 aromatic rings. The minimum atomic E-state index is -0.272. The average molecular weight is 459 g/mol. The molecule has 1 saturated heterocycles. The van der Waals surface area contributed by atoms with E-state index in [4.69, 9.17) is 0 Å². The van der Waals surface area contributed by atoms with E-state index in [1.54, 1.807) is 10.9 Å². The summed E-state index contributed by atoms with van der Waals surface area (Å²) in [5.74, 6) is 0.0359. The first kappa shape index (κ1) is 21.6. The molecule has 2 atom stereocenters. The predicted molar refractivity (Wildman–Crippen MR) is 130 cm³/mol. The molecular formula is C25H26N6OS. The number of hydrogen-bond acceptors (Lipinski definition) is 6. The molecule has 1 aliphatic rings. The molecule has 1 fully saturated rings. The van der Waals surface area contributed by atoms with E-state index in [0.29, 0.717) is 0 Å². The molecule has 0 saturated carbocycles. The number of amides is 1. The summed E-state index contributed by atoms with van der Waals surface area (Å²) in [5.41, 5.74) is 2.98. The number of carbonyl (C=O) groups is 1. The van der Waals surface area contributed by atoms with Gasteiger partial charge in [-0.2, -0.15) is 5.10 Å². The Balaban J connectivity index is 1.21. The van der Waals surface area contributed by atoms with E-state index in [1.807, 2.05) is 43.3 Å². The number of nitrogens with zero attached hydrogens (tertiary/aromatic N) is 5. The van der Waals surface area contributed by atoms with Crippen LogP contribution in [0.3, 0.4) is 0 Å². The van der Waals surface area contributed by atoms with Gasteiger partial charge < -0.3 is 5.32 Å². The Labute approximate surface area is 197 Å². The van der Waals surface area contributed by atoms with Crippen molar-refractivity contribution in [3.63, 3.8) is 0 Å². The van der Waals surface area contributed by atoms with Gasteiger partial charge in [-0.15, -0.1) is 0 Å². The summed E-state index contributed by atoms with van der Waals surface area (Å²) in [6.45, 7) is 4.71. The van der Waals surface area contributed by atoms with Crippen LogP contribution in [0.5, 0.6) is 0 Å². The highest BCUT2D eigenvalue weighted by Crippen LogP contribution is 2.29. The highest BCUT2D eigenvalue weighted by Gasteiger charge is 2.26. The number of carbonyl (C=O) groups excluding carboxylic acids is 1. The SMILES string of the molecule is CC(Sc1ncnc2c1cnn2-c1ccccc1)C(=O)NC1CCN(Cc2ccccc2)C1. The Morgan fingerprint density at radius 1 is 1.12 bits per heavy atom. The van der Waals surface area contributed by atoms with E-state index in [9.17, 15) is 4.79 Å². The molecular weight excluding hydrogens is 432 g/mol. The quantitative estimate of drug-likeness (QED) is 0.336. The van der Waals surface area contributed by atoms with Crippen LogP contribution < -0.4 is 5.32 Å². The van der Waals surface area contributed by atoms with Crippen molar-refractivity contribution in [2.45, 2.75) is 36.2 Å². The highest BCUT2D eigenvalue weighted by molar-refractivity contribution is 8.00. The number of nitrogens with one attached hydrogen (secondary N) is 1. The van der Waals surface area contributed by atoms with Gasteiger partial charge in [0, 0.05) is 25.7 Å². The normalized spacial score (nSPS) is 17.3. The molecule has 2 aromatic heterocycles. The van der Waals surface area contributed by atoms with Gasteiger partial charge >= 0.3 is 0 Å². The second kappa shape index (κ2) is 9.72. The van der Waals surface area contributed by atoms with Crippen LogP contribution in [0.25, 0.3) is 16.7 Å². The summed E-state index contributed by atoms with van der Waals surface area (Å²) in [5, 5.41) is 9.07. The first-order chi connectivity index (χ1) is 16.2. The van der Waals surface area contributed by atoms with Gasteiger partial charge in [-0.05, 0) is 31.0 Å². The zero-order valence-electron chi connectivity index (χ0n) is 18.5. The molecule has 1 N–H and O–H groups in total. The molecule has 7 nitrogen and oxygen atoms in total. The zero-order valence-corrected chi connectivity index (χ0v) is 19.3. The van der Waals surface area contributed by atoms with Gasteiger partial charge in [0.05, 0.1) is 22.5 Å². The van der Waals surface area contributed by atoms with Crippen LogP contribution in [-0.2, 0) is 11.3 Å². The fourth-order valence-electron chi connectivity index (χ4n) is 4.15. The van der Waals surface area contributed by atoms with E-state index in [-0.39, 0.29) is 17.2 Å². The van der Waals surface area contributed by atoms with E-state index < -0.39 is 0 Å². The lowest BCUT2D eigenvalue weighted by Gasteiger charge is -2.18. The van der Waals surface area contributed by atoms with Crippen LogP contribution in [0.2, 0.25) is 0 Å². The molecule has 8 heteroatoms. The number of aromatic nitrogens is 4. The highest BCUT2D eigenvalue weighted by atomic mass is 32.2. The van der Waals surface area contributed by atoms with E-state index in [0.717, 1.165) is 47.8 Å². The smallest absolute Gasteiger partial charge is 0.233 e. The molecule has 5 rings (SSSR count). The average Bonchev–Trinajstić information content (AvgIpc) is 3.48. The summed E-state index contributed by atoms with van der Waals surface area (Å²) in [6, 6.07) is 20.5. The van der Waals surface area contributed by atoms with Gasteiger partial charge in [0.1, 0.15) is 11.4 Å². The summed E-state index contributed by atoms with van der Waals surface area (Å²) >= 11 is 1.45. The molecule has 168 valence electrons. The second-order valence-electron chi connectivity index (χ2n) is 8.28. The topological polar surface area (TPSA) is 75.9 Å². The van der Waals surface area contributed by atoms with Gasteiger partial charge in [0.25, 0.3) is 0 Å². The van der Waals surface area contributed by atoms with Gasteiger partial charge in [0.2, 0.25) is 5.91 Å². The van der Waals surface area contributed by atoms with Crippen molar-refractivity contribution >= 4 is 28.7 Å². The number of thioether (sulfide) groups is 1. The molecule has 33 heavy (non-hydrogen) atoms. The molecule has 0 spiro atoms. The Bertz CT molecular complexity index is 1230. The summed E-state index contributed by atoms with van der Waals surface area (Å²) in [4.78, 5) is 24.2. The van der Waals surface area contributed by atoms with E-state index >= 15 is 0 Å². The van der Waals surface area contributed by atoms with Crippen molar-refractivity contribution in [3.8, 4) is 5.69 Å². The zero-order chi connectivity index (χ0) is 22.6. The van der Waals surface area contributed by atoms with Crippen molar-refractivity contribution < 1.29 is 4.79 Å². The fourth-order valence-corrected chi connectivity index (χ4v) is 5.04. The first-order valence-corrected chi connectivity index (χ1v) is 12.0.